The summed E-state index contributed by atoms with van der Waals surface area (Å²) in [6, 6.07) is 15.9. The molecule has 6 nitrogen and oxygen atoms in total. The summed E-state index contributed by atoms with van der Waals surface area (Å²) < 4.78 is 39.6. The summed E-state index contributed by atoms with van der Waals surface area (Å²) in [4.78, 5) is 23.6. The summed E-state index contributed by atoms with van der Waals surface area (Å²) in [6.45, 7) is 19.7. The number of carbonyl (C=O) groups is 2. The highest BCUT2D eigenvalue weighted by molar-refractivity contribution is 6.44. The summed E-state index contributed by atoms with van der Waals surface area (Å²) >= 11 is 6.45. The summed E-state index contributed by atoms with van der Waals surface area (Å²) in [7, 11) is -1.04. The largest absolute Gasteiger partial charge is 0.466 e. The lowest BCUT2D eigenvalue weighted by atomic mass is 9.84. The van der Waals surface area contributed by atoms with Gasteiger partial charge in [-0.15, -0.1) is 0 Å². The molecule has 0 amide bonds. The molecule has 0 radical (unpaired) electrons. The standard InChI is InChI=1S/C24H29FO2.C21H24ClFO2.C3H7BO2/c1-6-27-22(26)12-15(3)20-13-19(11-17(5)24(20)25)23-16(4)9-14(2)10-21(23)18-7-8-18;1-6-25-19(24)10-13(3)17-11-16(9-15(5)21(17)23)20-14(4)7-12(2)8-18(20)22;5-4(6)3-1-2-3/h9-11,13,15,18H,6-8,12H2,1-5H3;7-9,11,13H,6,10H2,1-5H3;3,5-6H,1-2H2/t15-;13-;/m00./s1. The first kappa shape index (κ1) is 46.6. The van der Waals surface area contributed by atoms with Gasteiger partial charge in [0, 0.05) is 10.6 Å². The van der Waals surface area contributed by atoms with E-state index in [0.717, 1.165) is 40.7 Å². The minimum absolute atomic E-state index is 0.147. The van der Waals surface area contributed by atoms with Crippen molar-refractivity contribution in [2.75, 3.05) is 13.2 Å². The van der Waals surface area contributed by atoms with Gasteiger partial charge in [0.2, 0.25) is 0 Å². The number of halogens is 3. The summed E-state index contributed by atoms with van der Waals surface area (Å²) in [5.74, 6) is -0.760. The number of hydrogen-bond donors (Lipinski definition) is 2. The number of rotatable bonds is 12. The molecule has 2 N–H and O–H groups in total. The second-order valence-electron chi connectivity index (χ2n) is 16.2. The molecule has 4 aromatic carbocycles. The molecule has 0 bridgehead atoms. The van der Waals surface area contributed by atoms with Crippen molar-refractivity contribution in [3.05, 3.63) is 115 Å². The van der Waals surface area contributed by atoms with Crippen molar-refractivity contribution in [2.45, 2.75) is 131 Å². The highest BCUT2D eigenvalue weighted by Gasteiger charge is 2.33. The van der Waals surface area contributed by atoms with Crippen molar-refractivity contribution in [2.24, 2.45) is 0 Å². The van der Waals surface area contributed by atoms with Crippen LogP contribution in [-0.2, 0) is 19.1 Å². The van der Waals surface area contributed by atoms with E-state index in [1.807, 2.05) is 45.9 Å². The van der Waals surface area contributed by atoms with Crippen LogP contribution in [0.5, 0.6) is 0 Å². The van der Waals surface area contributed by atoms with Gasteiger partial charge < -0.3 is 19.5 Å². The Kier molecular flexibility index (Phi) is 16.7. The molecule has 10 heteroatoms. The van der Waals surface area contributed by atoms with Gasteiger partial charge in [0.15, 0.2) is 0 Å². The molecule has 2 aliphatic rings. The van der Waals surface area contributed by atoms with E-state index in [1.165, 1.54) is 35.1 Å². The molecule has 2 saturated carbocycles. The van der Waals surface area contributed by atoms with E-state index in [9.17, 15) is 18.4 Å². The van der Waals surface area contributed by atoms with Gasteiger partial charge in [0.25, 0.3) is 0 Å². The van der Waals surface area contributed by atoms with Crippen LogP contribution >= 0.6 is 11.6 Å². The Hall–Kier alpha value is -4.05. The van der Waals surface area contributed by atoms with E-state index in [4.69, 9.17) is 31.1 Å². The quantitative estimate of drug-likeness (QED) is 0.109. The van der Waals surface area contributed by atoms with Gasteiger partial charge in [-0.2, -0.15) is 0 Å². The van der Waals surface area contributed by atoms with E-state index in [2.05, 4.69) is 32.0 Å². The van der Waals surface area contributed by atoms with Crippen LogP contribution in [0.4, 0.5) is 8.78 Å². The fourth-order valence-corrected chi connectivity index (χ4v) is 7.98. The lowest BCUT2D eigenvalue weighted by molar-refractivity contribution is -0.144. The van der Waals surface area contributed by atoms with Gasteiger partial charge in [-0.1, -0.05) is 62.1 Å². The SMILES string of the molecule is CCOC(=O)C[C@H](C)c1cc(-c2c(C)cc(C)cc2C2CC2)cc(C)c1F.CCOC(=O)C[C@H](C)c1cc(-c2c(C)cc(C)cc2Cl)cc(C)c1F.OB(O)C1CC1. The van der Waals surface area contributed by atoms with Crippen molar-refractivity contribution in [3.8, 4) is 22.3 Å². The Labute approximate surface area is 349 Å². The molecule has 2 atom stereocenters. The summed E-state index contributed by atoms with van der Waals surface area (Å²) in [5.41, 5.74) is 12.3. The zero-order valence-corrected chi connectivity index (χ0v) is 36.6. The van der Waals surface area contributed by atoms with Crippen molar-refractivity contribution >= 4 is 30.7 Å². The zero-order valence-electron chi connectivity index (χ0n) is 35.8. The van der Waals surface area contributed by atoms with Crippen LogP contribution < -0.4 is 0 Å². The first-order valence-electron chi connectivity index (χ1n) is 20.5. The molecule has 0 saturated heterocycles. The number of carbonyl (C=O) groups excluding carboxylic acids is 2. The monoisotopic (exact) mass is 816 g/mol. The van der Waals surface area contributed by atoms with Crippen LogP contribution in [0.15, 0.2) is 48.5 Å². The fraction of sp³-hybridized carbons (Fsp3) is 0.458. The second-order valence-corrected chi connectivity index (χ2v) is 16.6. The Bertz CT molecular complexity index is 2070. The minimum Gasteiger partial charge on any atom is -0.466 e. The van der Waals surface area contributed by atoms with Gasteiger partial charge in [-0.3, -0.25) is 9.59 Å². The van der Waals surface area contributed by atoms with E-state index in [-0.39, 0.29) is 54.1 Å². The maximum atomic E-state index is 14.9. The van der Waals surface area contributed by atoms with E-state index in [0.29, 0.717) is 46.4 Å². The van der Waals surface area contributed by atoms with Crippen LogP contribution in [0.3, 0.4) is 0 Å². The van der Waals surface area contributed by atoms with Gasteiger partial charge in [-0.05, 0) is 183 Å². The smallest absolute Gasteiger partial charge is 0.454 e. The lowest BCUT2D eigenvalue weighted by Crippen LogP contribution is -2.10. The molecule has 2 fully saturated rings. The maximum Gasteiger partial charge on any atom is 0.454 e. The molecular formula is C48H60BClF2O6. The Morgan fingerprint density at radius 2 is 1.10 bits per heavy atom. The molecule has 4 aromatic rings. The molecule has 0 spiro atoms. The van der Waals surface area contributed by atoms with Crippen molar-refractivity contribution in [3.63, 3.8) is 0 Å². The third kappa shape index (κ3) is 12.5. The highest BCUT2D eigenvalue weighted by atomic mass is 35.5. The molecule has 0 aromatic heterocycles. The normalized spacial score (nSPS) is 14.3. The Balaban J connectivity index is 0.000000224. The second kappa shape index (κ2) is 20.8. The average Bonchev–Trinajstić information content (AvgIpc) is 4.05. The molecule has 6 rings (SSSR count). The minimum atomic E-state index is -1.04. The highest BCUT2D eigenvalue weighted by Crippen LogP contribution is 2.47. The molecule has 2 aliphatic carbocycles. The predicted octanol–water partition coefficient (Wildman–Crippen LogP) is 12.1. The number of esters is 2. The molecule has 0 unspecified atom stereocenters. The van der Waals surface area contributed by atoms with Crippen LogP contribution in [-0.4, -0.2) is 42.3 Å². The topological polar surface area (TPSA) is 93.1 Å². The Morgan fingerprint density at radius 3 is 1.48 bits per heavy atom. The van der Waals surface area contributed by atoms with Crippen LogP contribution in [0.1, 0.15) is 134 Å². The molecule has 0 aliphatic heterocycles. The number of aryl methyl sites for hydroxylation is 6. The zero-order chi connectivity index (χ0) is 43.0. The fourth-order valence-electron chi connectivity index (χ4n) is 7.55. The third-order valence-corrected chi connectivity index (χ3v) is 11.1. The average molecular weight is 817 g/mol. The number of hydrogen-bond acceptors (Lipinski definition) is 6. The van der Waals surface area contributed by atoms with Crippen molar-refractivity contribution < 1.29 is 37.9 Å². The van der Waals surface area contributed by atoms with Crippen LogP contribution in [0.25, 0.3) is 22.3 Å². The first-order valence-corrected chi connectivity index (χ1v) is 20.9. The number of benzene rings is 4. The first-order chi connectivity index (χ1) is 27.4. The molecule has 58 heavy (non-hydrogen) atoms. The van der Waals surface area contributed by atoms with E-state index < -0.39 is 7.12 Å². The molecule has 312 valence electrons. The summed E-state index contributed by atoms with van der Waals surface area (Å²) in [5, 5.41) is 17.1. The van der Waals surface area contributed by atoms with E-state index in [1.54, 1.807) is 39.8 Å². The van der Waals surface area contributed by atoms with Crippen LogP contribution in [0, 0.1) is 53.2 Å². The molecule has 0 heterocycles. The summed E-state index contributed by atoms with van der Waals surface area (Å²) in [6.07, 6.45) is 4.78. The van der Waals surface area contributed by atoms with Gasteiger partial charge in [0.05, 0.1) is 26.1 Å². The van der Waals surface area contributed by atoms with Crippen molar-refractivity contribution in [1.82, 2.24) is 0 Å². The Morgan fingerprint density at radius 1 is 0.672 bits per heavy atom. The maximum absolute atomic E-state index is 14.9. The predicted molar refractivity (Wildman–Crippen MR) is 232 cm³/mol. The van der Waals surface area contributed by atoms with Crippen molar-refractivity contribution in [1.29, 1.82) is 0 Å². The van der Waals surface area contributed by atoms with E-state index >= 15 is 0 Å². The lowest BCUT2D eigenvalue weighted by Gasteiger charge is -2.19. The van der Waals surface area contributed by atoms with Gasteiger partial charge >= 0.3 is 19.1 Å². The number of ether oxygens (including phenoxy) is 2. The molecular weight excluding hydrogens is 757 g/mol. The van der Waals surface area contributed by atoms with Gasteiger partial charge in [-0.25, -0.2) is 8.78 Å². The van der Waals surface area contributed by atoms with Gasteiger partial charge in [0.1, 0.15) is 11.6 Å². The third-order valence-electron chi connectivity index (χ3n) is 10.8. The van der Waals surface area contributed by atoms with Crippen LogP contribution in [0.2, 0.25) is 10.8 Å².